The minimum absolute atomic E-state index is 0.0643. The Kier molecular flexibility index (Phi) is 7.13. The van der Waals surface area contributed by atoms with Crippen molar-refractivity contribution in [2.24, 2.45) is 0 Å². The van der Waals surface area contributed by atoms with E-state index in [9.17, 15) is 17.6 Å². The molecule has 6 nitrogen and oxygen atoms in total. The summed E-state index contributed by atoms with van der Waals surface area (Å²) >= 11 is 5.81. The molecule has 0 atom stereocenters. The number of hydrogen-bond donors (Lipinski definition) is 1. The van der Waals surface area contributed by atoms with Crippen molar-refractivity contribution in [2.75, 3.05) is 33.4 Å². The number of nitrogens with zero attached hydrogens (tertiary/aromatic N) is 1. The van der Waals surface area contributed by atoms with Gasteiger partial charge in [0.15, 0.2) is 0 Å². The summed E-state index contributed by atoms with van der Waals surface area (Å²) in [4.78, 5) is 12.6. The predicted octanol–water partition coefficient (Wildman–Crippen LogP) is 2.96. The van der Waals surface area contributed by atoms with E-state index in [2.05, 4.69) is 5.32 Å². The summed E-state index contributed by atoms with van der Waals surface area (Å²) in [7, 11) is -2.46. The Bertz CT molecular complexity index is 975. The monoisotopic (exact) mass is 454 g/mol. The molecule has 0 bridgehead atoms. The molecule has 1 N–H and O–H groups in total. The maximum absolute atomic E-state index is 13.3. The topological polar surface area (TPSA) is 75.7 Å². The second kappa shape index (κ2) is 9.43. The Morgan fingerprint density at radius 3 is 2.33 bits per heavy atom. The normalized spacial score (nSPS) is 16.4. The van der Waals surface area contributed by atoms with Crippen LogP contribution in [0.2, 0.25) is 5.02 Å². The average molecular weight is 455 g/mol. The van der Waals surface area contributed by atoms with Crippen LogP contribution in [-0.2, 0) is 25.0 Å². The van der Waals surface area contributed by atoms with Gasteiger partial charge >= 0.3 is 0 Å². The molecular formula is C21H24ClFN2O4S. The number of carbonyl (C=O) groups is 1. The first-order chi connectivity index (χ1) is 14.2. The fourth-order valence-electron chi connectivity index (χ4n) is 3.53. The smallest absolute Gasteiger partial charge is 0.243 e. The molecular weight excluding hydrogens is 431 g/mol. The maximum atomic E-state index is 13.3. The Labute approximate surface area is 181 Å². The van der Waals surface area contributed by atoms with Crippen molar-refractivity contribution in [1.82, 2.24) is 9.62 Å². The van der Waals surface area contributed by atoms with Gasteiger partial charge in [-0.2, -0.15) is 4.31 Å². The minimum Gasteiger partial charge on any atom is -0.381 e. The van der Waals surface area contributed by atoms with E-state index in [-0.39, 0.29) is 22.7 Å². The Balaban J connectivity index is 1.67. The van der Waals surface area contributed by atoms with Gasteiger partial charge in [0.05, 0.1) is 11.4 Å². The van der Waals surface area contributed by atoms with Crippen LogP contribution in [0, 0.1) is 5.82 Å². The molecule has 0 unspecified atom stereocenters. The van der Waals surface area contributed by atoms with E-state index in [1.807, 2.05) is 0 Å². The number of halogens is 2. The van der Waals surface area contributed by atoms with Crippen molar-refractivity contribution in [3.63, 3.8) is 0 Å². The van der Waals surface area contributed by atoms with Crippen molar-refractivity contribution >= 4 is 27.5 Å². The van der Waals surface area contributed by atoms with Gasteiger partial charge in [-0.15, -0.1) is 0 Å². The van der Waals surface area contributed by atoms with E-state index in [4.69, 9.17) is 16.3 Å². The highest BCUT2D eigenvalue weighted by Crippen LogP contribution is 2.34. The van der Waals surface area contributed by atoms with Crippen LogP contribution < -0.4 is 5.32 Å². The molecule has 0 aromatic heterocycles. The van der Waals surface area contributed by atoms with Gasteiger partial charge in [0, 0.05) is 37.2 Å². The largest absolute Gasteiger partial charge is 0.381 e. The lowest BCUT2D eigenvalue weighted by molar-refractivity contribution is -0.121. The number of likely N-dealkylation sites (N-methyl/N-ethyl adjacent to an activating group) is 1. The van der Waals surface area contributed by atoms with Gasteiger partial charge in [-0.05, 0) is 54.8 Å². The van der Waals surface area contributed by atoms with E-state index in [1.54, 1.807) is 12.1 Å². The van der Waals surface area contributed by atoms with E-state index in [1.165, 1.54) is 43.4 Å². The van der Waals surface area contributed by atoms with Gasteiger partial charge in [0.1, 0.15) is 5.82 Å². The molecule has 162 valence electrons. The molecule has 1 saturated heterocycles. The summed E-state index contributed by atoms with van der Waals surface area (Å²) in [5, 5.41) is 3.28. The fraction of sp³-hybridized carbons (Fsp3) is 0.381. The maximum Gasteiger partial charge on any atom is 0.243 e. The number of hydrogen-bond acceptors (Lipinski definition) is 4. The zero-order valence-electron chi connectivity index (χ0n) is 16.6. The molecule has 2 aromatic rings. The Hall–Kier alpha value is -2.00. The second-order valence-corrected chi connectivity index (χ2v) is 9.87. The van der Waals surface area contributed by atoms with Gasteiger partial charge in [-0.3, -0.25) is 4.79 Å². The lowest BCUT2D eigenvalue weighted by atomic mass is 9.74. The van der Waals surface area contributed by atoms with Gasteiger partial charge in [0.2, 0.25) is 15.9 Å². The zero-order valence-corrected chi connectivity index (χ0v) is 18.2. The standard InChI is InChI=1S/C21H24ClFN2O4S/c1-25(30(27,28)19-8-4-17(22)5-9-19)14-20(26)24-15-21(10-12-29-13-11-21)16-2-6-18(23)7-3-16/h2-9H,10-15H2,1H3,(H,24,26). The number of benzene rings is 2. The van der Waals surface area contributed by atoms with Crippen LogP contribution >= 0.6 is 11.6 Å². The first kappa shape index (κ1) is 22.7. The third-order valence-corrected chi connectivity index (χ3v) is 7.49. The molecule has 30 heavy (non-hydrogen) atoms. The molecule has 0 saturated carbocycles. The zero-order chi connectivity index (χ0) is 21.8. The van der Waals surface area contributed by atoms with Crippen molar-refractivity contribution in [3.8, 4) is 0 Å². The molecule has 1 fully saturated rings. The summed E-state index contributed by atoms with van der Waals surface area (Å²) in [6, 6.07) is 12.0. The van der Waals surface area contributed by atoms with Gasteiger partial charge in [-0.25, -0.2) is 12.8 Å². The first-order valence-corrected chi connectivity index (χ1v) is 11.4. The highest BCUT2D eigenvalue weighted by atomic mass is 35.5. The third-order valence-electron chi connectivity index (χ3n) is 5.42. The molecule has 1 aliphatic rings. The third kappa shape index (κ3) is 5.18. The molecule has 9 heteroatoms. The first-order valence-electron chi connectivity index (χ1n) is 9.55. The van der Waals surface area contributed by atoms with Crippen molar-refractivity contribution < 1.29 is 22.3 Å². The highest BCUT2D eigenvalue weighted by molar-refractivity contribution is 7.89. The van der Waals surface area contributed by atoms with Gasteiger partial charge < -0.3 is 10.1 Å². The predicted molar refractivity (Wildman–Crippen MR) is 112 cm³/mol. The van der Waals surface area contributed by atoms with Gasteiger partial charge in [-0.1, -0.05) is 23.7 Å². The van der Waals surface area contributed by atoms with Crippen molar-refractivity contribution in [3.05, 3.63) is 64.9 Å². The van der Waals surface area contributed by atoms with Crippen LogP contribution in [0.4, 0.5) is 4.39 Å². The molecule has 0 radical (unpaired) electrons. The highest BCUT2D eigenvalue weighted by Gasteiger charge is 2.35. The minimum atomic E-state index is -3.81. The fourth-order valence-corrected chi connectivity index (χ4v) is 4.78. The molecule has 1 amide bonds. The lowest BCUT2D eigenvalue weighted by Crippen LogP contribution is -2.47. The van der Waals surface area contributed by atoms with Gasteiger partial charge in [0.25, 0.3) is 0 Å². The molecule has 1 heterocycles. The summed E-state index contributed by atoms with van der Waals surface area (Å²) in [5.74, 6) is -0.734. The average Bonchev–Trinajstić information content (AvgIpc) is 2.73. The van der Waals surface area contributed by atoms with E-state index < -0.39 is 15.9 Å². The number of nitrogens with one attached hydrogen (secondary N) is 1. The van der Waals surface area contributed by atoms with Crippen LogP contribution in [0.25, 0.3) is 0 Å². The number of carbonyl (C=O) groups excluding carboxylic acids is 1. The molecule has 0 spiro atoms. The summed E-state index contributed by atoms with van der Waals surface area (Å²) < 4.78 is 45.1. The van der Waals surface area contributed by atoms with Crippen molar-refractivity contribution in [1.29, 1.82) is 0 Å². The summed E-state index contributed by atoms with van der Waals surface area (Å²) in [6.07, 6.45) is 1.36. The molecule has 2 aromatic carbocycles. The molecule has 0 aliphatic carbocycles. The molecule has 1 aliphatic heterocycles. The van der Waals surface area contributed by atoms with Crippen LogP contribution in [0.15, 0.2) is 53.4 Å². The van der Waals surface area contributed by atoms with Crippen LogP contribution in [-0.4, -0.2) is 52.0 Å². The lowest BCUT2D eigenvalue weighted by Gasteiger charge is -2.38. The van der Waals surface area contributed by atoms with E-state index in [0.717, 1.165) is 9.87 Å². The van der Waals surface area contributed by atoms with Crippen LogP contribution in [0.1, 0.15) is 18.4 Å². The second-order valence-electron chi connectivity index (χ2n) is 7.39. The number of amides is 1. The van der Waals surface area contributed by atoms with Crippen LogP contribution in [0.5, 0.6) is 0 Å². The summed E-state index contributed by atoms with van der Waals surface area (Å²) in [5.41, 5.74) is 0.546. The van der Waals surface area contributed by atoms with E-state index in [0.29, 0.717) is 37.6 Å². The SMILES string of the molecule is CN(CC(=O)NCC1(c2ccc(F)cc2)CCOCC1)S(=O)(=O)c1ccc(Cl)cc1. The number of sulfonamides is 1. The quantitative estimate of drug-likeness (QED) is 0.698. The Morgan fingerprint density at radius 1 is 1.13 bits per heavy atom. The molecule has 3 rings (SSSR count). The van der Waals surface area contributed by atoms with Crippen LogP contribution in [0.3, 0.4) is 0 Å². The number of ether oxygens (including phenoxy) is 1. The Morgan fingerprint density at radius 2 is 1.73 bits per heavy atom. The summed E-state index contributed by atoms with van der Waals surface area (Å²) in [6.45, 7) is 1.08. The van der Waals surface area contributed by atoms with E-state index >= 15 is 0 Å². The van der Waals surface area contributed by atoms with Crippen molar-refractivity contribution in [2.45, 2.75) is 23.2 Å². The number of rotatable bonds is 7.